The van der Waals surface area contributed by atoms with Gasteiger partial charge in [0.1, 0.15) is 98.9 Å². The summed E-state index contributed by atoms with van der Waals surface area (Å²) in [5.41, 5.74) is 10.3. The first-order valence-electron chi connectivity index (χ1n) is 52.5. The first-order valence-corrected chi connectivity index (χ1v) is 52.5. The van der Waals surface area contributed by atoms with Gasteiger partial charge in [-0.1, -0.05) is 363 Å². The quantitative estimate of drug-likeness (QED) is 0.0362. The average molecular weight is 1840 g/mol. The maximum absolute atomic E-state index is 13.2. The second-order valence-corrected chi connectivity index (χ2v) is 36.9. The molecule has 0 aliphatic carbocycles. The van der Waals surface area contributed by atoms with E-state index in [9.17, 15) is 4.79 Å². The number of nitrogens with one attached hydrogen (secondary N) is 1. The highest BCUT2D eigenvalue weighted by Crippen LogP contribution is 2.37. The van der Waals surface area contributed by atoms with E-state index in [1.807, 2.05) is 183 Å². The van der Waals surface area contributed by atoms with Crippen LogP contribution in [0.4, 0.5) is 0 Å². The molecule has 0 aliphatic heterocycles. The largest absolute Gasteiger partial charge is 0.494 e. The normalized spacial score (nSPS) is 11.4. The van der Waals surface area contributed by atoms with Crippen LogP contribution in [0.25, 0.3) is 11.1 Å². The number of hydrogen-bond acceptors (Lipinski definition) is 13. The summed E-state index contributed by atoms with van der Waals surface area (Å²) in [5.74, 6) is 8.62. The lowest BCUT2D eigenvalue weighted by atomic mass is 10.0. The topological polar surface area (TPSA) is 140 Å². The van der Waals surface area contributed by atoms with Crippen LogP contribution in [0.1, 0.15) is 360 Å². The van der Waals surface area contributed by atoms with Crippen molar-refractivity contribution in [1.29, 1.82) is 0 Å². The van der Waals surface area contributed by atoms with Crippen molar-refractivity contribution < 1.29 is 61.6 Å². The lowest BCUT2D eigenvalue weighted by Crippen LogP contribution is -2.31. The molecule has 0 radical (unpaired) electrons. The Balaban J connectivity index is 0.738. The summed E-state index contributed by atoms with van der Waals surface area (Å²) in [6, 6.07) is 74.6. The van der Waals surface area contributed by atoms with Gasteiger partial charge in [-0.3, -0.25) is 4.79 Å². The Labute approximate surface area is 812 Å². The molecule has 0 fully saturated rings. The fourth-order valence-electron chi connectivity index (χ4n) is 16.4. The third-order valence-electron chi connectivity index (χ3n) is 25.2. The molecular formula is C121H163NO13. The fourth-order valence-corrected chi connectivity index (χ4v) is 16.4. The first-order chi connectivity index (χ1) is 66.6. The lowest BCUT2D eigenvalue weighted by Gasteiger charge is -2.16. The van der Waals surface area contributed by atoms with Crippen molar-refractivity contribution >= 4 is 5.91 Å². The Morgan fingerprint density at radius 2 is 0.430 bits per heavy atom. The van der Waals surface area contributed by atoms with Crippen molar-refractivity contribution in [2.45, 2.75) is 364 Å². The predicted octanol–water partition coefficient (Wildman–Crippen LogP) is 33.7. The second-order valence-electron chi connectivity index (χ2n) is 36.9. The first kappa shape index (κ1) is 106. The van der Waals surface area contributed by atoms with Crippen molar-refractivity contribution in [3.05, 3.63) is 275 Å². The van der Waals surface area contributed by atoms with Crippen LogP contribution in [0, 0.1) is 0 Å². The van der Waals surface area contributed by atoms with Gasteiger partial charge < -0.3 is 62.2 Å². The molecule has 1 atom stereocenters. The number of amides is 1. The number of rotatable bonds is 76. The smallest absolute Gasteiger partial charge is 0.251 e. The van der Waals surface area contributed by atoms with E-state index in [0.29, 0.717) is 91.2 Å². The van der Waals surface area contributed by atoms with Gasteiger partial charge in [0.2, 0.25) is 0 Å². The van der Waals surface area contributed by atoms with E-state index in [4.69, 9.17) is 56.8 Å². The minimum Gasteiger partial charge on any atom is -0.494 e. The van der Waals surface area contributed by atoms with Crippen LogP contribution < -0.4 is 62.2 Å². The van der Waals surface area contributed by atoms with Crippen LogP contribution in [-0.2, 0) is 52.9 Å². The SMILES string of the molecule is CCCCCCCCCCCCOc1ccc(COc2ccc(COc3ccc(COc4cc(OCc5ccc(OCc6ccc(OCc7ccc(OCCCCCCCCCCCC)cc7)c(OCc7ccc(OCCCCCCCCCCCC)cc7)c6)cc5)cc(-c5ccc(C(=O)N[C@H](C)CC)cc5)c4)cc3)cc2OCc2ccc(OCCCCCCCCCCCC)cc2)cc1. The van der Waals surface area contributed by atoms with Crippen molar-refractivity contribution in [3.63, 3.8) is 0 Å². The molecule has 0 heterocycles. The van der Waals surface area contributed by atoms with Gasteiger partial charge in [0.25, 0.3) is 5.91 Å². The standard InChI is InChI=1S/C121H163NO13/c1-7-12-16-20-24-28-32-36-40-44-80-124-109-66-48-100(49-67-109)91-132-117-78-60-104(84-119(117)134-93-102-52-70-111(71-53-102)126-82-46-42-38-34-30-26-22-18-14-9-3)95-128-113-74-56-98(57-75-113)89-130-115-86-108(106-62-64-107(65-63-106)121(123)122-97(6)11-5)87-116(88-115)131-90-99-58-76-114(77-59-99)129-96-105-61-79-118(133-92-101-50-68-110(69-51-101)125-81-45-41-37-33-29-25-21-17-13-8-2)120(85-105)135-94-103-54-72-112(73-55-103)127-83-47-43-39-35-31-27-23-19-15-10-4/h48-79,84-88,97H,7-47,80-83,89-96H2,1-6H3,(H,122,123)/t97-/m1/s1. The van der Waals surface area contributed by atoms with Gasteiger partial charge >= 0.3 is 0 Å². The Morgan fingerprint density at radius 1 is 0.207 bits per heavy atom. The molecule has 14 nitrogen and oxygen atoms in total. The van der Waals surface area contributed by atoms with E-state index in [1.54, 1.807) is 0 Å². The third kappa shape index (κ3) is 43.9. The number of hydrogen-bond donors (Lipinski definition) is 1. The van der Waals surface area contributed by atoms with Gasteiger partial charge in [-0.05, 0) is 216 Å². The van der Waals surface area contributed by atoms with E-state index in [2.05, 4.69) is 88.5 Å². The van der Waals surface area contributed by atoms with Gasteiger partial charge in [-0.2, -0.15) is 0 Å². The van der Waals surface area contributed by atoms with Crippen molar-refractivity contribution in [2.75, 3.05) is 26.4 Å². The molecule has 0 bridgehead atoms. The number of ether oxygens (including phenoxy) is 12. The molecule has 0 aliphatic rings. The zero-order chi connectivity index (χ0) is 94.3. The van der Waals surface area contributed by atoms with E-state index in [-0.39, 0.29) is 25.2 Å². The molecule has 0 unspecified atom stereocenters. The number of benzene rings is 10. The molecule has 730 valence electrons. The number of unbranched alkanes of at least 4 members (excludes halogenated alkanes) is 36. The molecule has 1 N–H and O–H groups in total. The van der Waals surface area contributed by atoms with Crippen LogP contribution in [0.2, 0.25) is 0 Å². The summed E-state index contributed by atoms with van der Waals surface area (Å²) in [6.07, 6.45) is 52.7. The van der Waals surface area contributed by atoms with Crippen molar-refractivity contribution in [1.82, 2.24) is 5.32 Å². The van der Waals surface area contributed by atoms with Gasteiger partial charge in [0.05, 0.1) is 26.4 Å². The highest BCUT2D eigenvalue weighted by molar-refractivity contribution is 5.95. The summed E-state index contributed by atoms with van der Waals surface area (Å²) >= 11 is 0. The van der Waals surface area contributed by atoms with E-state index in [1.165, 1.54) is 231 Å². The van der Waals surface area contributed by atoms with Crippen molar-refractivity contribution in [3.8, 4) is 80.1 Å². The van der Waals surface area contributed by atoms with Crippen molar-refractivity contribution in [2.24, 2.45) is 0 Å². The highest BCUT2D eigenvalue weighted by Gasteiger charge is 2.17. The van der Waals surface area contributed by atoms with Gasteiger partial charge in [-0.15, -0.1) is 0 Å². The molecule has 135 heavy (non-hydrogen) atoms. The van der Waals surface area contributed by atoms with Crippen LogP contribution in [0.15, 0.2) is 224 Å². The summed E-state index contributed by atoms with van der Waals surface area (Å²) in [7, 11) is 0. The molecule has 10 rings (SSSR count). The minimum absolute atomic E-state index is 0.0588. The van der Waals surface area contributed by atoms with E-state index >= 15 is 0 Å². The average Bonchev–Trinajstić information content (AvgIpc) is 0.820. The van der Waals surface area contributed by atoms with Crippen LogP contribution in [0.3, 0.4) is 0 Å². The van der Waals surface area contributed by atoms with E-state index < -0.39 is 0 Å². The second kappa shape index (κ2) is 65.9. The molecule has 14 heteroatoms. The molecule has 0 saturated carbocycles. The van der Waals surface area contributed by atoms with Crippen LogP contribution in [-0.4, -0.2) is 38.4 Å². The summed E-state index contributed by atoms with van der Waals surface area (Å²) in [5, 5.41) is 3.09. The predicted molar refractivity (Wildman–Crippen MR) is 555 cm³/mol. The maximum Gasteiger partial charge on any atom is 0.251 e. The zero-order valence-corrected chi connectivity index (χ0v) is 83.2. The summed E-state index contributed by atoms with van der Waals surface area (Å²) in [6.45, 7) is 18.7. The van der Waals surface area contributed by atoms with Gasteiger partial charge in [0, 0.05) is 17.7 Å². The maximum atomic E-state index is 13.2. The molecule has 10 aromatic carbocycles. The van der Waals surface area contributed by atoms with Crippen LogP contribution >= 0.6 is 0 Å². The fraction of sp³-hybridized carbons (Fsp3) is 0.496. The minimum atomic E-state index is -0.105. The van der Waals surface area contributed by atoms with Gasteiger partial charge in [-0.25, -0.2) is 0 Å². The zero-order valence-electron chi connectivity index (χ0n) is 83.2. The summed E-state index contributed by atoms with van der Waals surface area (Å²) < 4.78 is 77.2. The molecule has 1 amide bonds. The monoisotopic (exact) mass is 1840 g/mol. The highest BCUT2D eigenvalue weighted by atomic mass is 16.5. The Morgan fingerprint density at radius 3 is 0.696 bits per heavy atom. The molecule has 0 saturated heterocycles. The Bertz CT molecular complexity index is 4480. The Hall–Kier alpha value is -10.7. The summed E-state index contributed by atoms with van der Waals surface area (Å²) in [4.78, 5) is 13.2. The molecular weight excluding hydrogens is 1680 g/mol. The lowest BCUT2D eigenvalue weighted by molar-refractivity contribution is 0.0939. The van der Waals surface area contributed by atoms with E-state index in [0.717, 1.165) is 137 Å². The molecule has 0 aromatic heterocycles. The number of carbonyl (C=O) groups excluding carboxylic acids is 1. The third-order valence-corrected chi connectivity index (χ3v) is 25.2. The number of carbonyl (C=O) groups is 1. The molecule has 0 spiro atoms. The van der Waals surface area contributed by atoms with Crippen LogP contribution in [0.5, 0.6) is 69.0 Å². The molecule has 10 aromatic rings. The van der Waals surface area contributed by atoms with Gasteiger partial charge in [0.15, 0.2) is 23.0 Å². The Kier molecular flexibility index (Phi) is 51.9.